The molecular formula is C15H19N5OS. The van der Waals surface area contributed by atoms with Gasteiger partial charge in [0.15, 0.2) is 5.82 Å². The highest BCUT2D eigenvalue weighted by molar-refractivity contribution is 7.10. The summed E-state index contributed by atoms with van der Waals surface area (Å²) in [7, 11) is 0. The van der Waals surface area contributed by atoms with Gasteiger partial charge in [-0.25, -0.2) is 0 Å². The van der Waals surface area contributed by atoms with Crippen LogP contribution in [0.15, 0.2) is 11.4 Å². The molecule has 6 nitrogen and oxygen atoms in total. The Morgan fingerprint density at radius 2 is 2.41 bits per heavy atom. The van der Waals surface area contributed by atoms with E-state index in [0.29, 0.717) is 11.8 Å². The lowest BCUT2D eigenvalue weighted by molar-refractivity contribution is -0.133. The van der Waals surface area contributed by atoms with Gasteiger partial charge in [0.25, 0.3) is 0 Å². The molecule has 4 rings (SSSR count). The normalized spacial score (nSPS) is 27.9. The van der Waals surface area contributed by atoms with E-state index < -0.39 is 0 Å². The number of amides is 1. The number of hydrogen-bond acceptors (Lipinski definition) is 5. The number of nitrogens with zero attached hydrogens (tertiary/aromatic N) is 4. The smallest absolute Gasteiger partial charge is 0.226 e. The van der Waals surface area contributed by atoms with Crippen molar-refractivity contribution in [2.45, 2.75) is 38.0 Å². The average Bonchev–Trinajstić information content (AvgIpc) is 2.95. The number of aryl methyl sites for hydroxylation is 1. The van der Waals surface area contributed by atoms with E-state index >= 15 is 0 Å². The molecule has 1 saturated carbocycles. The molecule has 2 aliphatic rings. The number of rotatable bonds is 3. The molecule has 1 amide bonds. The van der Waals surface area contributed by atoms with E-state index in [9.17, 15) is 4.79 Å². The predicted molar refractivity (Wildman–Crippen MR) is 82.6 cm³/mol. The van der Waals surface area contributed by atoms with E-state index in [2.05, 4.69) is 39.0 Å². The highest BCUT2D eigenvalue weighted by Gasteiger charge is 2.47. The number of aromatic nitrogens is 4. The summed E-state index contributed by atoms with van der Waals surface area (Å²) < 4.78 is 0. The Labute approximate surface area is 132 Å². The summed E-state index contributed by atoms with van der Waals surface area (Å²) in [4.78, 5) is 16.2. The minimum atomic E-state index is 0.182. The van der Waals surface area contributed by atoms with Crippen molar-refractivity contribution in [2.75, 3.05) is 13.1 Å². The SMILES string of the molecule is Cc1ccsc1C1CC1C(=O)N1CCCC(c2nn[nH]n2)C1. The molecule has 1 N–H and O–H groups in total. The van der Waals surface area contributed by atoms with Gasteiger partial charge < -0.3 is 4.90 Å². The second-order valence-corrected chi connectivity index (χ2v) is 7.26. The zero-order valence-electron chi connectivity index (χ0n) is 12.5. The third kappa shape index (κ3) is 2.43. The van der Waals surface area contributed by atoms with Crippen molar-refractivity contribution in [1.82, 2.24) is 25.5 Å². The fraction of sp³-hybridized carbons (Fsp3) is 0.600. The summed E-state index contributed by atoms with van der Waals surface area (Å²) in [6.07, 6.45) is 3.05. The molecular weight excluding hydrogens is 298 g/mol. The third-order valence-corrected chi connectivity index (χ3v) is 5.96. The molecule has 1 aliphatic carbocycles. The Balaban J connectivity index is 1.42. The Hall–Kier alpha value is -1.76. The largest absolute Gasteiger partial charge is 0.342 e. The molecule has 3 unspecified atom stereocenters. The van der Waals surface area contributed by atoms with Crippen LogP contribution in [0.4, 0.5) is 0 Å². The van der Waals surface area contributed by atoms with E-state index in [-0.39, 0.29) is 11.8 Å². The zero-order chi connectivity index (χ0) is 15.1. The zero-order valence-corrected chi connectivity index (χ0v) is 13.3. The van der Waals surface area contributed by atoms with Gasteiger partial charge >= 0.3 is 0 Å². The van der Waals surface area contributed by atoms with Gasteiger partial charge in [-0.05, 0) is 43.2 Å². The standard InChI is InChI=1S/C15H19N5OS/c1-9-4-6-22-13(9)11-7-12(11)15(21)20-5-2-3-10(8-20)14-16-18-19-17-14/h4,6,10-12H,2-3,5,7-8H2,1H3,(H,16,17,18,19). The van der Waals surface area contributed by atoms with E-state index in [1.165, 1.54) is 10.4 Å². The van der Waals surface area contributed by atoms with Gasteiger partial charge in [-0.1, -0.05) is 5.21 Å². The maximum Gasteiger partial charge on any atom is 0.226 e. The molecule has 1 aliphatic heterocycles. The quantitative estimate of drug-likeness (QED) is 0.940. The van der Waals surface area contributed by atoms with Crippen LogP contribution in [0.1, 0.15) is 47.4 Å². The van der Waals surface area contributed by atoms with Crippen LogP contribution in [0.5, 0.6) is 0 Å². The lowest BCUT2D eigenvalue weighted by Gasteiger charge is -2.31. The minimum Gasteiger partial charge on any atom is -0.342 e. The Kier molecular flexibility index (Phi) is 3.44. The molecule has 0 spiro atoms. The van der Waals surface area contributed by atoms with E-state index in [1.807, 2.05) is 4.90 Å². The maximum atomic E-state index is 12.8. The molecule has 2 aromatic heterocycles. The lowest BCUT2D eigenvalue weighted by Crippen LogP contribution is -2.40. The Morgan fingerprint density at radius 3 is 3.14 bits per heavy atom. The molecule has 0 bridgehead atoms. The van der Waals surface area contributed by atoms with Crippen molar-refractivity contribution in [3.63, 3.8) is 0 Å². The molecule has 2 fully saturated rings. The maximum absolute atomic E-state index is 12.8. The van der Waals surface area contributed by atoms with Crippen molar-refractivity contribution < 1.29 is 4.79 Å². The first-order chi connectivity index (χ1) is 10.7. The molecule has 0 aromatic carbocycles. The van der Waals surface area contributed by atoms with Crippen LogP contribution < -0.4 is 0 Å². The topological polar surface area (TPSA) is 74.8 Å². The first-order valence-corrected chi connectivity index (χ1v) is 8.68. The number of aromatic amines is 1. The number of hydrogen-bond donors (Lipinski definition) is 1. The number of nitrogens with one attached hydrogen (secondary N) is 1. The van der Waals surface area contributed by atoms with Crippen LogP contribution in [0.2, 0.25) is 0 Å². The monoisotopic (exact) mass is 317 g/mol. The van der Waals surface area contributed by atoms with Crippen molar-refractivity contribution in [3.05, 3.63) is 27.7 Å². The van der Waals surface area contributed by atoms with Gasteiger partial charge in [0.05, 0.1) is 0 Å². The van der Waals surface area contributed by atoms with Crippen molar-refractivity contribution >= 4 is 17.2 Å². The number of likely N-dealkylation sites (tertiary alicyclic amines) is 1. The summed E-state index contributed by atoms with van der Waals surface area (Å²) in [5, 5.41) is 16.4. The molecule has 1 saturated heterocycles. The summed E-state index contributed by atoms with van der Waals surface area (Å²) in [6, 6.07) is 2.15. The molecule has 0 radical (unpaired) electrons. The number of carbonyl (C=O) groups is 1. The molecule has 116 valence electrons. The third-order valence-electron chi connectivity index (χ3n) is 4.81. The first-order valence-electron chi connectivity index (χ1n) is 7.80. The molecule has 7 heteroatoms. The number of tetrazole rings is 1. The van der Waals surface area contributed by atoms with Gasteiger partial charge in [-0.2, -0.15) is 5.21 Å². The Morgan fingerprint density at radius 1 is 1.50 bits per heavy atom. The van der Waals surface area contributed by atoms with Crippen molar-refractivity contribution in [1.29, 1.82) is 0 Å². The minimum absolute atomic E-state index is 0.182. The van der Waals surface area contributed by atoms with E-state index in [0.717, 1.165) is 38.2 Å². The fourth-order valence-electron chi connectivity index (χ4n) is 3.49. The average molecular weight is 317 g/mol. The van der Waals surface area contributed by atoms with E-state index in [4.69, 9.17) is 0 Å². The number of H-pyrrole nitrogens is 1. The van der Waals surface area contributed by atoms with Gasteiger partial charge in [0.1, 0.15) is 0 Å². The summed E-state index contributed by atoms with van der Waals surface area (Å²) in [6.45, 7) is 3.73. The fourth-order valence-corrected chi connectivity index (χ4v) is 4.60. The van der Waals surface area contributed by atoms with Gasteiger partial charge in [0, 0.05) is 35.7 Å². The van der Waals surface area contributed by atoms with Crippen LogP contribution in [-0.2, 0) is 4.79 Å². The number of thiophene rings is 1. The van der Waals surface area contributed by atoms with Crippen LogP contribution in [0, 0.1) is 12.8 Å². The lowest BCUT2D eigenvalue weighted by atomic mass is 9.97. The van der Waals surface area contributed by atoms with Crippen molar-refractivity contribution in [2.24, 2.45) is 5.92 Å². The van der Waals surface area contributed by atoms with Crippen LogP contribution in [0.25, 0.3) is 0 Å². The summed E-state index contributed by atoms with van der Waals surface area (Å²) in [5.74, 6) is 1.89. The molecule has 2 aromatic rings. The number of piperidine rings is 1. The van der Waals surface area contributed by atoms with E-state index in [1.54, 1.807) is 11.3 Å². The van der Waals surface area contributed by atoms with Crippen molar-refractivity contribution in [3.8, 4) is 0 Å². The molecule has 22 heavy (non-hydrogen) atoms. The van der Waals surface area contributed by atoms with Gasteiger partial charge in [0.2, 0.25) is 5.91 Å². The van der Waals surface area contributed by atoms with Crippen LogP contribution >= 0.6 is 11.3 Å². The number of carbonyl (C=O) groups excluding carboxylic acids is 1. The summed E-state index contributed by atoms with van der Waals surface area (Å²) >= 11 is 1.78. The first kappa shape index (κ1) is 13.9. The Bertz CT molecular complexity index is 667. The second-order valence-electron chi connectivity index (χ2n) is 6.31. The summed E-state index contributed by atoms with van der Waals surface area (Å²) in [5.41, 5.74) is 1.33. The van der Waals surface area contributed by atoms with Crippen LogP contribution in [-0.4, -0.2) is 44.5 Å². The molecule has 3 heterocycles. The van der Waals surface area contributed by atoms with Gasteiger partial charge in [-0.15, -0.1) is 21.5 Å². The highest BCUT2D eigenvalue weighted by Crippen LogP contribution is 2.51. The second kappa shape index (κ2) is 5.46. The molecule has 3 atom stereocenters. The van der Waals surface area contributed by atoms with Crippen LogP contribution in [0.3, 0.4) is 0 Å². The highest BCUT2D eigenvalue weighted by atomic mass is 32.1. The van der Waals surface area contributed by atoms with Gasteiger partial charge in [-0.3, -0.25) is 4.79 Å². The predicted octanol–water partition coefficient (Wildman–Crippen LogP) is 2.08.